The van der Waals surface area contributed by atoms with Crippen LogP contribution in [0.5, 0.6) is 0 Å². The fraction of sp³-hybridized carbons (Fsp3) is 1.00. The first-order valence-electron chi connectivity index (χ1n) is 7.68. The predicted molar refractivity (Wildman–Crippen MR) is 89.9 cm³/mol. The van der Waals surface area contributed by atoms with Gasteiger partial charge in [0.2, 0.25) is 0 Å². The van der Waals surface area contributed by atoms with E-state index >= 15 is 0 Å². The molecule has 2 heteroatoms. The van der Waals surface area contributed by atoms with Crippen LogP contribution in [0.1, 0.15) is 85.0 Å². The molecule has 0 aromatic rings. The van der Waals surface area contributed by atoms with Crippen molar-refractivity contribution in [1.82, 2.24) is 4.90 Å². The molecule has 0 atom stereocenters. The summed E-state index contributed by atoms with van der Waals surface area (Å²) >= 11 is 0. The maximum absolute atomic E-state index is 2.34. The number of nitrogens with zero attached hydrogens (tertiary/aromatic N) is 1. The zero-order valence-corrected chi connectivity index (χ0v) is 15.1. The fourth-order valence-corrected chi connectivity index (χ4v) is 2.09. The monoisotopic (exact) mass is 321 g/mol. The number of rotatable bonds is 11. The van der Waals surface area contributed by atoms with Gasteiger partial charge < -0.3 is 4.90 Å². The average molecular weight is 322 g/mol. The second-order valence-corrected chi connectivity index (χ2v) is 6.29. The van der Waals surface area contributed by atoms with Crippen LogP contribution < -0.4 is 0 Å². The number of unbranched alkanes of at least 4 members (excludes halogenated alkanes) is 8. The van der Waals surface area contributed by atoms with Crippen LogP contribution in [0.4, 0.5) is 0 Å². The van der Waals surface area contributed by atoms with Crippen molar-refractivity contribution < 1.29 is 0 Å². The van der Waals surface area contributed by atoms with E-state index < -0.39 is 0 Å². The Morgan fingerprint density at radius 2 is 1.11 bits per heavy atom. The summed E-state index contributed by atoms with van der Waals surface area (Å²) in [5, 5.41) is 0. The summed E-state index contributed by atoms with van der Waals surface area (Å²) in [6.07, 6.45) is 14.2. The van der Waals surface area contributed by atoms with Crippen molar-refractivity contribution in [1.29, 1.82) is 0 Å². The van der Waals surface area contributed by atoms with E-state index in [-0.39, 0.29) is 17.0 Å². The highest BCUT2D eigenvalue weighted by molar-refractivity contribution is 8.93. The van der Waals surface area contributed by atoms with Crippen molar-refractivity contribution in [3.05, 3.63) is 0 Å². The summed E-state index contributed by atoms with van der Waals surface area (Å²) in [6.45, 7) is 6.97. The molecule has 0 aliphatic carbocycles. The topological polar surface area (TPSA) is 3.24 Å². The van der Waals surface area contributed by atoms with E-state index in [4.69, 9.17) is 0 Å². The van der Waals surface area contributed by atoms with Crippen molar-refractivity contribution >= 4 is 17.0 Å². The molecule has 0 N–H and O–H groups in total. The van der Waals surface area contributed by atoms with E-state index in [1.165, 1.54) is 64.2 Å². The van der Waals surface area contributed by atoms with Crippen molar-refractivity contribution in [2.45, 2.75) is 90.5 Å². The fourth-order valence-electron chi connectivity index (χ4n) is 2.09. The van der Waals surface area contributed by atoms with Gasteiger partial charge in [-0.3, -0.25) is 0 Å². The van der Waals surface area contributed by atoms with Gasteiger partial charge in [0.15, 0.2) is 0 Å². The maximum atomic E-state index is 2.34. The third-order valence-electron chi connectivity index (χ3n) is 4.10. The van der Waals surface area contributed by atoms with Gasteiger partial charge in [-0.05, 0) is 34.4 Å². The lowest BCUT2D eigenvalue weighted by Gasteiger charge is -2.32. The van der Waals surface area contributed by atoms with Crippen LogP contribution in [0.3, 0.4) is 0 Å². The molecule has 0 aromatic heterocycles. The molecule has 0 aromatic carbocycles. The lowest BCUT2D eigenvalue weighted by Crippen LogP contribution is -2.37. The second kappa shape index (κ2) is 12.5. The van der Waals surface area contributed by atoms with E-state index in [2.05, 4.69) is 39.8 Å². The average Bonchev–Trinajstić information content (AvgIpc) is 2.26. The summed E-state index contributed by atoms with van der Waals surface area (Å²) in [4.78, 5) is 2.34. The quantitative estimate of drug-likeness (QED) is 0.433. The Bertz CT molecular complexity index is 166. The highest BCUT2D eigenvalue weighted by Crippen LogP contribution is 2.19. The molecular formula is C16H36BrN. The molecule has 0 amide bonds. The first-order chi connectivity index (χ1) is 8.00. The minimum Gasteiger partial charge on any atom is -0.304 e. The van der Waals surface area contributed by atoms with Crippen molar-refractivity contribution in [2.24, 2.45) is 0 Å². The molecule has 0 heterocycles. The van der Waals surface area contributed by atoms with E-state index in [1.807, 2.05) is 0 Å². The molecule has 0 fully saturated rings. The minimum atomic E-state index is 0. The van der Waals surface area contributed by atoms with Crippen LogP contribution in [-0.4, -0.2) is 24.5 Å². The Morgan fingerprint density at radius 1 is 0.722 bits per heavy atom. The highest BCUT2D eigenvalue weighted by atomic mass is 79.9. The van der Waals surface area contributed by atoms with Crippen molar-refractivity contribution in [3.8, 4) is 0 Å². The lowest BCUT2D eigenvalue weighted by atomic mass is 9.95. The molecule has 0 aliphatic heterocycles. The van der Waals surface area contributed by atoms with Gasteiger partial charge in [0.1, 0.15) is 0 Å². The van der Waals surface area contributed by atoms with Gasteiger partial charge in [0.25, 0.3) is 0 Å². The van der Waals surface area contributed by atoms with Crippen LogP contribution >= 0.6 is 17.0 Å². The zero-order chi connectivity index (χ0) is 13.1. The Hall–Kier alpha value is 0.440. The van der Waals surface area contributed by atoms with Crippen LogP contribution in [0.15, 0.2) is 0 Å². The minimum absolute atomic E-state index is 0. The zero-order valence-electron chi connectivity index (χ0n) is 13.4. The predicted octanol–water partition coefficient (Wildman–Crippen LogP) is 5.83. The van der Waals surface area contributed by atoms with Crippen molar-refractivity contribution in [3.63, 3.8) is 0 Å². The van der Waals surface area contributed by atoms with Gasteiger partial charge in [-0.15, -0.1) is 17.0 Å². The smallest absolute Gasteiger partial charge is 0.0147 e. The van der Waals surface area contributed by atoms with Crippen LogP contribution in [0.25, 0.3) is 0 Å². The Balaban J connectivity index is 0. The molecule has 112 valence electrons. The lowest BCUT2D eigenvalue weighted by molar-refractivity contribution is 0.177. The van der Waals surface area contributed by atoms with E-state index in [0.717, 1.165) is 0 Å². The molecule has 0 aliphatic rings. The highest BCUT2D eigenvalue weighted by Gasteiger charge is 2.18. The van der Waals surface area contributed by atoms with E-state index in [0.29, 0.717) is 5.54 Å². The molecule has 0 unspecified atom stereocenters. The second-order valence-electron chi connectivity index (χ2n) is 6.29. The van der Waals surface area contributed by atoms with Crippen LogP contribution in [0, 0.1) is 0 Å². The largest absolute Gasteiger partial charge is 0.304 e. The summed E-state index contributed by atoms with van der Waals surface area (Å²) in [6, 6.07) is 0. The van der Waals surface area contributed by atoms with E-state index in [9.17, 15) is 0 Å². The molecule has 0 rings (SSSR count). The van der Waals surface area contributed by atoms with Crippen molar-refractivity contribution in [2.75, 3.05) is 14.1 Å². The van der Waals surface area contributed by atoms with Gasteiger partial charge in [-0.1, -0.05) is 64.7 Å². The molecule has 1 nitrogen and oxygen atoms in total. The standard InChI is InChI=1S/C16H35N.BrH/c1-6-7-8-9-10-11-12-13-14-15-16(2,3)17(4)5;/h6-15H2,1-5H3;1H. The van der Waals surface area contributed by atoms with Gasteiger partial charge in [0.05, 0.1) is 0 Å². The van der Waals surface area contributed by atoms with Gasteiger partial charge in [-0.25, -0.2) is 0 Å². The summed E-state index contributed by atoms with van der Waals surface area (Å²) in [5.41, 5.74) is 0.376. The number of halogens is 1. The number of hydrogen-bond donors (Lipinski definition) is 0. The molecule has 0 spiro atoms. The molecule has 0 saturated carbocycles. The van der Waals surface area contributed by atoms with E-state index in [1.54, 1.807) is 0 Å². The third kappa shape index (κ3) is 11.5. The van der Waals surface area contributed by atoms with Crippen LogP contribution in [0.2, 0.25) is 0 Å². The van der Waals surface area contributed by atoms with Gasteiger partial charge in [-0.2, -0.15) is 0 Å². The summed E-state index contributed by atoms with van der Waals surface area (Å²) in [5.74, 6) is 0. The molecule has 18 heavy (non-hydrogen) atoms. The molecular weight excluding hydrogens is 286 g/mol. The Kier molecular flexibility index (Phi) is 14.4. The Morgan fingerprint density at radius 3 is 1.50 bits per heavy atom. The van der Waals surface area contributed by atoms with Gasteiger partial charge in [0, 0.05) is 5.54 Å². The molecule has 0 saturated heterocycles. The number of hydrogen-bond acceptors (Lipinski definition) is 1. The molecule has 0 radical (unpaired) electrons. The first kappa shape index (κ1) is 20.8. The maximum Gasteiger partial charge on any atom is 0.0147 e. The van der Waals surface area contributed by atoms with Crippen LogP contribution in [-0.2, 0) is 0 Å². The third-order valence-corrected chi connectivity index (χ3v) is 4.10. The normalized spacial score (nSPS) is 11.7. The summed E-state index contributed by atoms with van der Waals surface area (Å²) < 4.78 is 0. The SMILES string of the molecule is Br.CCCCCCCCCCCC(C)(C)N(C)C. The Labute approximate surface area is 126 Å². The van der Waals surface area contributed by atoms with Gasteiger partial charge >= 0.3 is 0 Å². The first-order valence-corrected chi connectivity index (χ1v) is 7.68. The molecule has 0 bridgehead atoms. The summed E-state index contributed by atoms with van der Waals surface area (Å²) in [7, 11) is 4.38.